The Morgan fingerprint density at radius 3 is 2.67 bits per heavy atom. The topological polar surface area (TPSA) is 87.7 Å². The van der Waals surface area contributed by atoms with Crippen molar-refractivity contribution in [2.45, 2.75) is 10.9 Å². The van der Waals surface area contributed by atoms with Gasteiger partial charge in [-0.2, -0.15) is 4.68 Å². The summed E-state index contributed by atoms with van der Waals surface area (Å²) in [7, 11) is 3.35. The molecule has 0 spiro atoms. The van der Waals surface area contributed by atoms with Crippen LogP contribution in [0.4, 0.5) is 0 Å². The minimum atomic E-state index is -0.0639. The Labute approximate surface area is 158 Å². The third kappa shape index (κ3) is 3.28. The number of methoxy groups -OCH3 is 1. The predicted octanol–water partition coefficient (Wildman–Crippen LogP) is 2.21. The zero-order chi connectivity index (χ0) is 18.8. The van der Waals surface area contributed by atoms with Gasteiger partial charge in [-0.25, -0.2) is 4.98 Å². The van der Waals surface area contributed by atoms with Crippen molar-refractivity contribution in [3.63, 3.8) is 0 Å². The van der Waals surface area contributed by atoms with Gasteiger partial charge in [-0.1, -0.05) is 23.9 Å². The van der Waals surface area contributed by atoms with E-state index in [1.807, 2.05) is 42.5 Å². The highest BCUT2D eigenvalue weighted by Gasteiger charge is 2.13. The summed E-state index contributed by atoms with van der Waals surface area (Å²) in [6, 6.07) is 14.8. The van der Waals surface area contributed by atoms with Crippen molar-refractivity contribution in [1.82, 2.24) is 29.8 Å². The first-order valence-electron chi connectivity index (χ1n) is 8.17. The molecular weight excluding hydrogens is 364 g/mol. The van der Waals surface area contributed by atoms with Crippen LogP contribution in [0.2, 0.25) is 0 Å². The summed E-state index contributed by atoms with van der Waals surface area (Å²) >= 11 is 1.42. The fourth-order valence-corrected chi connectivity index (χ4v) is 3.55. The second-order valence-electron chi connectivity index (χ2n) is 5.77. The highest BCUT2D eigenvalue weighted by Crippen LogP contribution is 2.23. The van der Waals surface area contributed by atoms with Crippen molar-refractivity contribution < 1.29 is 4.74 Å². The second-order valence-corrected chi connectivity index (χ2v) is 6.71. The van der Waals surface area contributed by atoms with Gasteiger partial charge in [0, 0.05) is 7.05 Å². The van der Waals surface area contributed by atoms with Crippen LogP contribution < -0.4 is 10.3 Å². The number of rotatable bonds is 5. The summed E-state index contributed by atoms with van der Waals surface area (Å²) in [5.41, 5.74) is 1.44. The highest BCUT2D eigenvalue weighted by molar-refractivity contribution is 7.98. The largest absolute Gasteiger partial charge is 0.497 e. The molecular formula is C18H16N6O2S. The molecule has 0 radical (unpaired) electrons. The van der Waals surface area contributed by atoms with E-state index in [0.717, 1.165) is 11.4 Å². The number of thioether (sulfide) groups is 1. The summed E-state index contributed by atoms with van der Waals surface area (Å²) in [6.07, 6.45) is 0. The summed E-state index contributed by atoms with van der Waals surface area (Å²) in [5.74, 6) is 1.89. The molecule has 2 aromatic carbocycles. The Hall–Kier alpha value is -3.20. The molecule has 0 saturated carbocycles. The Morgan fingerprint density at radius 2 is 1.89 bits per heavy atom. The molecule has 0 bridgehead atoms. The smallest absolute Gasteiger partial charge is 0.261 e. The standard InChI is InChI=1S/C18H16N6O2S/c1-23-16(19-15-6-4-3-5-14(15)17(23)25)11-27-18-20-21-22-24(18)12-7-9-13(26-2)10-8-12/h3-10H,11H2,1-2H3. The highest BCUT2D eigenvalue weighted by atomic mass is 32.2. The van der Waals surface area contributed by atoms with Gasteiger partial charge in [-0.15, -0.1) is 5.10 Å². The van der Waals surface area contributed by atoms with Gasteiger partial charge in [-0.05, 0) is 46.8 Å². The van der Waals surface area contributed by atoms with Crippen LogP contribution in [0.1, 0.15) is 5.82 Å². The first-order chi connectivity index (χ1) is 13.2. The third-order valence-electron chi connectivity index (χ3n) is 4.16. The normalized spacial score (nSPS) is 11.0. The van der Waals surface area contributed by atoms with E-state index in [-0.39, 0.29) is 5.56 Å². The van der Waals surface area contributed by atoms with Crippen LogP contribution in [0, 0.1) is 0 Å². The van der Waals surface area contributed by atoms with Crippen molar-refractivity contribution >= 4 is 22.7 Å². The zero-order valence-electron chi connectivity index (χ0n) is 14.7. The fraction of sp³-hybridized carbons (Fsp3) is 0.167. The molecule has 2 heterocycles. The maximum Gasteiger partial charge on any atom is 0.261 e. The predicted molar refractivity (Wildman–Crippen MR) is 102 cm³/mol. The monoisotopic (exact) mass is 380 g/mol. The molecule has 2 aromatic heterocycles. The van der Waals surface area contributed by atoms with Gasteiger partial charge < -0.3 is 4.74 Å². The number of para-hydroxylation sites is 1. The van der Waals surface area contributed by atoms with Crippen molar-refractivity contribution in [1.29, 1.82) is 0 Å². The first-order valence-corrected chi connectivity index (χ1v) is 9.16. The lowest BCUT2D eigenvalue weighted by Gasteiger charge is -2.09. The molecule has 0 unspecified atom stereocenters. The number of tetrazole rings is 1. The van der Waals surface area contributed by atoms with Gasteiger partial charge in [0.05, 0.1) is 29.5 Å². The van der Waals surface area contributed by atoms with Gasteiger partial charge in [0.25, 0.3) is 5.56 Å². The van der Waals surface area contributed by atoms with Crippen molar-refractivity contribution in [2.75, 3.05) is 7.11 Å². The van der Waals surface area contributed by atoms with E-state index in [2.05, 4.69) is 20.5 Å². The van der Waals surface area contributed by atoms with E-state index in [4.69, 9.17) is 4.74 Å². The Kier molecular flexibility index (Phi) is 4.59. The lowest BCUT2D eigenvalue weighted by atomic mass is 10.2. The van der Waals surface area contributed by atoms with Crippen molar-refractivity contribution in [3.8, 4) is 11.4 Å². The number of fused-ring (bicyclic) bond motifs is 1. The van der Waals surface area contributed by atoms with Crippen LogP contribution in [-0.4, -0.2) is 36.9 Å². The van der Waals surface area contributed by atoms with Gasteiger partial charge in [0.1, 0.15) is 11.6 Å². The molecule has 0 aliphatic rings. The third-order valence-corrected chi connectivity index (χ3v) is 5.08. The average molecular weight is 380 g/mol. The maximum absolute atomic E-state index is 12.5. The lowest BCUT2D eigenvalue weighted by Crippen LogP contribution is -2.22. The minimum absolute atomic E-state index is 0.0639. The van der Waals surface area contributed by atoms with Crippen LogP contribution in [0.5, 0.6) is 5.75 Å². The SMILES string of the molecule is COc1ccc(-n2nnnc2SCc2nc3ccccc3c(=O)n2C)cc1. The van der Waals surface area contributed by atoms with Crippen LogP contribution in [0.15, 0.2) is 58.5 Å². The van der Waals surface area contributed by atoms with Gasteiger partial charge >= 0.3 is 0 Å². The van der Waals surface area contributed by atoms with Gasteiger partial charge in [-0.3, -0.25) is 9.36 Å². The molecule has 27 heavy (non-hydrogen) atoms. The second kappa shape index (κ2) is 7.20. The Morgan fingerprint density at radius 1 is 1.11 bits per heavy atom. The molecule has 9 heteroatoms. The quantitative estimate of drug-likeness (QED) is 0.491. The minimum Gasteiger partial charge on any atom is -0.497 e. The molecule has 0 aliphatic carbocycles. The van der Waals surface area contributed by atoms with Gasteiger partial charge in [0.2, 0.25) is 5.16 Å². The molecule has 8 nitrogen and oxygen atoms in total. The van der Waals surface area contributed by atoms with Crippen molar-refractivity contribution in [2.24, 2.45) is 7.05 Å². The van der Waals surface area contributed by atoms with E-state index < -0.39 is 0 Å². The number of nitrogens with zero attached hydrogens (tertiary/aromatic N) is 6. The zero-order valence-corrected chi connectivity index (χ0v) is 15.6. The van der Waals surface area contributed by atoms with E-state index in [0.29, 0.717) is 27.6 Å². The van der Waals surface area contributed by atoms with E-state index in [1.54, 1.807) is 29.5 Å². The number of aromatic nitrogens is 6. The number of hydrogen-bond acceptors (Lipinski definition) is 7. The molecule has 0 aliphatic heterocycles. The summed E-state index contributed by atoms with van der Waals surface area (Å²) < 4.78 is 8.38. The fourth-order valence-electron chi connectivity index (χ4n) is 2.68. The van der Waals surface area contributed by atoms with Crippen LogP contribution >= 0.6 is 11.8 Å². The van der Waals surface area contributed by atoms with Crippen molar-refractivity contribution in [3.05, 3.63) is 64.7 Å². The molecule has 0 atom stereocenters. The molecule has 136 valence electrons. The van der Waals surface area contributed by atoms with Gasteiger partial charge in [0.15, 0.2) is 0 Å². The molecule has 4 rings (SSSR count). The number of hydrogen-bond donors (Lipinski definition) is 0. The molecule has 0 N–H and O–H groups in total. The maximum atomic E-state index is 12.5. The van der Waals surface area contributed by atoms with E-state index >= 15 is 0 Å². The van der Waals surface area contributed by atoms with E-state index in [1.165, 1.54) is 11.8 Å². The van der Waals surface area contributed by atoms with Crippen LogP contribution in [0.3, 0.4) is 0 Å². The molecule has 0 saturated heterocycles. The number of ether oxygens (including phenoxy) is 1. The number of benzene rings is 2. The Bertz CT molecular complexity index is 1150. The summed E-state index contributed by atoms with van der Waals surface area (Å²) in [6.45, 7) is 0. The van der Waals surface area contributed by atoms with Crippen LogP contribution in [-0.2, 0) is 12.8 Å². The molecule has 4 aromatic rings. The first kappa shape index (κ1) is 17.2. The van der Waals surface area contributed by atoms with Crippen LogP contribution in [0.25, 0.3) is 16.6 Å². The molecule has 0 fully saturated rings. The Balaban J connectivity index is 1.61. The summed E-state index contributed by atoms with van der Waals surface area (Å²) in [4.78, 5) is 17.1. The lowest BCUT2D eigenvalue weighted by molar-refractivity contribution is 0.414. The molecule has 0 amide bonds. The average Bonchev–Trinajstić information content (AvgIpc) is 3.18. The van der Waals surface area contributed by atoms with E-state index in [9.17, 15) is 4.79 Å². The summed E-state index contributed by atoms with van der Waals surface area (Å²) in [5, 5.41) is 13.1.